The van der Waals surface area contributed by atoms with Crippen LogP contribution in [-0.4, -0.2) is 30.3 Å². The van der Waals surface area contributed by atoms with Crippen molar-refractivity contribution in [3.8, 4) is 5.75 Å². The van der Waals surface area contributed by atoms with Crippen LogP contribution in [0.5, 0.6) is 5.75 Å². The molecule has 4 heteroatoms. The number of hydrogen-bond acceptors (Lipinski definition) is 3. The lowest BCUT2D eigenvalue weighted by molar-refractivity contribution is 0.0692. The normalized spacial score (nSPS) is 17.1. The molecule has 0 amide bonds. The summed E-state index contributed by atoms with van der Waals surface area (Å²) in [5.41, 5.74) is 0.219. The second kappa shape index (κ2) is 7.29. The summed E-state index contributed by atoms with van der Waals surface area (Å²) < 4.78 is 5.57. The maximum absolute atomic E-state index is 11.0. The van der Waals surface area contributed by atoms with E-state index in [1.165, 1.54) is 25.7 Å². The van der Waals surface area contributed by atoms with Gasteiger partial charge in [0.2, 0.25) is 0 Å². The van der Waals surface area contributed by atoms with Gasteiger partial charge in [-0.2, -0.15) is 0 Å². The first-order valence-electron chi connectivity index (χ1n) is 7.37. The molecule has 0 radical (unpaired) electrons. The highest BCUT2D eigenvalue weighted by molar-refractivity contribution is 5.90. The first-order valence-corrected chi connectivity index (χ1v) is 7.37. The van der Waals surface area contributed by atoms with Crippen LogP contribution in [0.15, 0.2) is 24.3 Å². The number of ether oxygens (including phenoxy) is 1. The van der Waals surface area contributed by atoms with Crippen molar-refractivity contribution in [2.45, 2.75) is 38.6 Å². The minimum atomic E-state index is -0.951. The van der Waals surface area contributed by atoms with Gasteiger partial charge in [-0.05, 0) is 37.8 Å². The Morgan fingerprint density at radius 2 is 2.10 bits per heavy atom. The highest BCUT2D eigenvalue weighted by atomic mass is 16.5. The summed E-state index contributed by atoms with van der Waals surface area (Å²) in [4.78, 5) is 11.0. The van der Waals surface area contributed by atoms with Gasteiger partial charge in [-0.3, -0.25) is 0 Å². The van der Waals surface area contributed by atoms with Crippen molar-refractivity contribution in [3.05, 3.63) is 29.8 Å². The van der Waals surface area contributed by atoms with E-state index in [2.05, 4.69) is 12.2 Å². The van der Waals surface area contributed by atoms with Crippen LogP contribution in [0.3, 0.4) is 0 Å². The molecule has 1 aliphatic carbocycles. The number of para-hydroxylation sites is 1. The van der Waals surface area contributed by atoms with Crippen LogP contribution in [0.25, 0.3) is 0 Å². The van der Waals surface area contributed by atoms with Crippen LogP contribution in [0.2, 0.25) is 0 Å². The lowest BCUT2D eigenvalue weighted by Gasteiger charge is -2.20. The summed E-state index contributed by atoms with van der Waals surface area (Å²) >= 11 is 0. The molecule has 110 valence electrons. The van der Waals surface area contributed by atoms with Crippen LogP contribution in [0.4, 0.5) is 0 Å². The average molecular weight is 277 g/mol. The van der Waals surface area contributed by atoms with Crippen molar-refractivity contribution in [3.63, 3.8) is 0 Å². The van der Waals surface area contributed by atoms with Gasteiger partial charge in [0.1, 0.15) is 17.9 Å². The molecule has 1 fully saturated rings. The Hall–Kier alpha value is -1.55. The lowest BCUT2D eigenvalue weighted by atomic mass is 10.00. The molecular formula is C16H23NO3. The molecule has 4 nitrogen and oxygen atoms in total. The molecular weight excluding hydrogens is 254 g/mol. The molecule has 1 aromatic carbocycles. The van der Waals surface area contributed by atoms with Crippen molar-refractivity contribution < 1.29 is 14.6 Å². The summed E-state index contributed by atoms with van der Waals surface area (Å²) in [7, 11) is 0. The molecule has 0 saturated heterocycles. The molecule has 1 saturated carbocycles. The predicted molar refractivity (Wildman–Crippen MR) is 78.3 cm³/mol. The summed E-state index contributed by atoms with van der Waals surface area (Å²) in [6.45, 7) is 3.45. The number of carbonyl (C=O) groups is 1. The zero-order valence-electron chi connectivity index (χ0n) is 12.0. The summed E-state index contributed by atoms with van der Waals surface area (Å²) in [6.07, 6.45) is 5.33. The van der Waals surface area contributed by atoms with Gasteiger partial charge in [0, 0.05) is 12.6 Å². The molecule has 1 atom stereocenters. The Labute approximate surface area is 120 Å². The van der Waals surface area contributed by atoms with Crippen LogP contribution in [0, 0.1) is 5.92 Å². The zero-order chi connectivity index (χ0) is 14.4. The lowest BCUT2D eigenvalue weighted by Crippen LogP contribution is -2.35. The Morgan fingerprint density at radius 3 is 2.80 bits per heavy atom. The third-order valence-electron chi connectivity index (χ3n) is 4.05. The van der Waals surface area contributed by atoms with Gasteiger partial charge in [0.25, 0.3) is 0 Å². The van der Waals surface area contributed by atoms with E-state index in [9.17, 15) is 4.79 Å². The van der Waals surface area contributed by atoms with Crippen LogP contribution >= 0.6 is 0 Å². The quantitative estimate of drug-likeness (QED) is 0.752. The second-order valence-corrected chi connectivity index (χ2v) is 5.44. The summed E-state index contributed by atoms with van der Waals surface area (Å²) in [6, 6.07) is 7.26. The molecule has 0 aliphatic heterocycles. The molecule has 0 aromatic heterocycles. The standard InChI is InChI=1S/C16H23NO3/c1-12(13-6-2-3-7-13)17-10-11-20-15-9-5-4-8-14(15)16(18)19/h4-5,8-9,12-13,17H,2-3,6-7,10-11H2,1H3,(H,18,19)/t12-/m0/s1. The fraction of sp³-hybridized carbons (Fsp3) is 0.562. The number of carboxylic acid groups (broad SMARTS) is 1. The Kier molecular flexibility index (Phi) is 5.41. The van der Waals surface area contributed by atoms with Crippen molar-refractivity contribution in [2.24, 2.45) is 5.92 Å². The van der Waals surface area contributed by atoms with Crippen molar-refractivity contribution >= 4 is 5.97 Å². The topological polar surface area (TPSA) is 58.6 Å². The summed E-state index contributed by atoms with van der Waals surface area (Å²) in [5.74, 6) is 0.268. The maximum Gasteiger partial charge on any atom is 0.339 e. The first-order chi connectivity index (χ1) is 9.68. The minimum absolute atomic E-state index is 0.219. The van der Waals surface area contributed by atoms with E-state index in [1.807, 2.05) is 0 Å². The molecule has 2 N–H and O–H groups in total. The highest BCUT2D eigenvalue weighted by Crippen LogP contribution is 2.27. The Morgan fingerprint density at radius 1 is 1.40 bits per heavy atom. The molecule has 0 heterocycles. The summed E-state index contributed by atoms with van der Waals surface area (Å²) in [5, 5.41) is 12.5. The van der Waals surface area contributed by atoms with E-state index < -0.39 is 5.97 Å². The van der Waals surface area contributed by atoms with E-state index in [1.54, 1.807) is 24.3 Å². The number of nitrogens with one attached hydrogen (secondary N) is 1. The maximum atomic E-state index is 11.0. The van der Waals surface area contributed by atoms with Crippen molar-refractivity contribution in [1.82, 2.24) is 5.32 Å². The predicted octanol–water partition coefficient (Wildman–Crippen LogP) is 2.93. The van der Waals surface area contributed by atoms with Gasteiger partial charge >= 0.3 is 5.97 Å². The van der Waals surface area contributed by atoms with E-state index in [-0.39, 0.29) is 5.56 Å². The molecule has 0 spiro atoms. The highest BCUT2D eigenvalue weighted by Gasteiger charge is 2.20. The number of carboxylic acids is 1. The Balaban J connectivity index is 1.74. The fourth-order valence-electron chi connectivity index (χ4n) is 2.84. The van der Waals surface area contributed by atoms with Crippen molar-refractivity contribution in [1.29, 1.82) is 0 Å². The third-order valence-corrected chi connectivity index (χ3v) is 4.05. The average Bonchev–Trinajstić information content (AvgIpc) is 2.98. The third kappa shape index (κ3) is 3.97. The van der Waals surface area contributed by atoms with Gasteiger partial charge in [0.15, 0.2) is 0 Å². The fourth-order valence-corrected chi connectivity index (χ4v) is 2.84. The SMILES string of the molecule is C[C@H](NCCOc1ccccc1C(=O)O)C1CCCC1. The van der Waals surface area contributed by atoms with E-state index >= 15 is 0 Å². The number of benzene rings is 1. The molecule has 1 aliphatic rings. The van der Waals surface area contributed by atoms with Crippen LogP contribution < -0.4 is 10.1 Å². The van der Waals surface area contributed by atoms with E-state index in [0.29, 0.717) is 18.4 Å². The van der Waals surface area contributed by atoms with Gasteiger partial charge in [-0.1, -0.05) is 25.0 Å². The van der Waals surface area contributed by atoms with E-state index in [4.69, 9.17) is 9.84 Å². The molecule has 20 heavy (non-hydrogen) atoms. The van der Waals surface area contributed by atoms with E-state index in [0.717, 1.165) is 12.5 Å². The first kappa shape index (κ1) is 14.9. The molecule has 0 bridgehead atoms. The van der Waals surface area contributed by atoms with Crippen molar-refractivity contribution in [2.75, 3.05) is 13.2 Å². The molecule has 1 aromatic rings. The van der Waals surface area contributed by atoms with Gasteiger partial charge in [0.05, 0.1) is 0 Å². The van der Waals surface area contributed by atoms with Gasteiger partial charge < -0.3 is 15.2 Å². The van der Waals surface area contributed by atoms with Gasteiger partial charge in [-0.15, -0.1) is 0 Å². The van der Waals surface area contributed by atoms with Crippen LogP contribution in [-0.2, 0) is 0 Å². The largest absolute Gasteiger partial charge is 0.491 e. The number of hydrogen-bond donors (Lipinski definition) is 2. The van der Waals surface area contributed by atoms with Crippen LogP contribution in [0.1, 0.15) is 43.0 Å². The smallest absolute Gasteiger partial charge is 0.339 e. The molecule has 2 rings (SSSR count). The van der Waals surface area contributed by atoms with Gasteiger partial charge in [-0.25, -0.2) is 4.79 Å². The monoisotopic (exact) mass is 277 g/mol. The second-order valence-electron chi connectivity index (χ2n) is 5.44. The molecule has 0 unspecified atom stereocenters. The zero-order valence-corrected chi connectivity index (χ0v) is 12.0. The number of aromatic carboxylic acids is 1. The minimum Gasteiger partial charge on any atom is -0.491 e. The number of rotatable bonds is 7. The Bertz CT molecular complexity index is 441.